The van der Waals surface area contributed by atoms with E-state index in [-0.39, 0.29) is 11.9 Å². The number of aliphatic carboxylic acids is 1. The minimum Gasteiger partial charge on any atom is -0.480 e. The second-order valence-corrected chi connectivity index (χ2v) is 6.49. The number of carboxylic acid groups (broad SMARTS) is 1. The molecule has 0 aromatic heterocycles. The molecule has 2 aliphatic rings. The van der Waals surface area contributed by atoms with Gasteiger partial charge in [0.1, 0.15) is 6.04 Å². The van der Waals surface area contributed by atoms with Gasteiger partial charge < -0.3 is 15.7 Å². The van der Waals surface area contributed by atoms with E-state index < -0.39 is 12.0 Å². The van der Waals surface area contributed by atoms with Gasteiger partial charge in [-0.1, -0.05) is 18.9 Å². The van der Waals surface area contributed by atoms with Crippen molar-refractivity contribution in [3.05, 3.63) is 29.3 Å². The van der Waals surface area contributed by atoms with Crippen molar-refractivity contribution in [2.75, 3.05) is 5.73 Å². The van der Waals surface area contributed by atoms with Crippen LogP contribution in [0.15, 0.2) is 18.2 Å². The van der Waals surface area contributed by atoms with Gasteiger partial charge in [-0.25, -0.2) is 4.79 Å². The molecule has 3 atom stereocenters. The van der Waals surface area contributed by atoms with Gasteiger partial charge >= 0.3 is 5.97 Å². The lowest BCUT2D eigenvalue weighted by atomic mass is 9.84. The van der Waals surface area contributed by atoms with Crippen molar-refractivity contribution in [1.29, 1.82) is 0 Å². The summed E-state index contributed by atoms with van der Waals surface area (Å²) in [4.78, 5) is 26.2. The van der Waals surface area contributed by atoms with Crippen LogP contribution >= 0.6 is 0 Å². The average Bonchev–Trinajstić information content (AvgIpc) is 2.88. The fourth-order valence-corrected chi connectivity index (χ4v) is 3.98. The third-order valence-electron chi connectivity index (χ3n) is 5.10. The summed E-state index contributed by atoms with van der Waals surface area (Å²) in [6.45, 7) is 1.86. The van der Waals surface area contributed by atoms with Crippen molar-refractivity contribution in [2.24, 2.45) is 5.92 Å². The van der Waals surface area contributed by atoms with Crippen LogP contribution in [0.25, 0.3) is 0 Å². The number of likely N-dealkylation sites (tertiary alicyclic amines) is 1. The van der Waals surface area contributed by atoms with Crippen LogP contribution in [0.2, 0.25) is 0 Å². The summed E-state index contributed by atoms with van der Waals surface area (Å²) in [6.07, 6.45) is 4.70. The first kappa shape index (κ1) is 14.9. The number of fused-ring (bicyclic) bond motifs is 1. The molecule has 5 heteroatoms. The molecule has 118 valence electrons. The number of anilines is 1. The second kappa shape index (κ2) is 5.63. The van der Waals surface area contributed by atoms with Gasteiger partial charge in [-0.15, -0.1) is 0 Å². The molecule has 0 spiro atoms. The highest BCUT2D eigenvalue weighted by Gasteiger charge is 2.47. The maximum Gasteiger partial charge on any atom is 0.326 e. The Morgan fingerprint density at radius 2 is 2.00 bits per heavy atom. The molecule has 3 N–H and O–H groups in total. The lowest BCUT2D eigenvalue weighted by Crippen LogP contribution is -2.46. The Kier molecular flexibility index (Phi) is 3.81. The van der Waals surface area contributed by atoms with E-state index in [1.54, 1.807) is 17.0 Å². The van der Waals surface area contributed by atoms with Crippen LogP contribution in [0.4, 0.5) is 5.69 Å². The first-order chi connectivity index (χ1) is 10.5. The molecule has 1 aromatic carbocycles. The maximum atomic E-state index is 13.0. The topological polar surface area (TPSA) is 83.6 Å². The molecule has 1 aliphatic heterocycles. The number of hydrogen-bond donors (Lipinski definition) is 2. The maximum absolute atomic E-state index is 13.0. The van der Waals surface area contributed by atoms with E-state index in [1.165, 1.54) is 0 Å². The van der Waals surface area contributed by atoms with Crippen LogP contribution in [-0.4, -0.2) is 34.0 Å². The van der Waals surface area contributed by atoms with Crippen molar-refractivity contribution in [2.45, 2.75) is 51.1 Å². The number of nitrogens with two attached hydrogens (primary N) is 1. The molecule has 1 aliphatic carbocycles. The number of benzene rings is 1. The predicted octanol–water partition coefficient (Wildman–Crippen LogP) is 2.44. The minimum absolute atomic E-state index is 0.0585. The van der Waals surface area contributed by atoms with Crippen LogP contribution < -0.4 is 5.73 Å². The van der Waals surface area contributed by atoms with Gasteiger partial charge in [0, 0.05) is 17.3 Å². The van der Waals surface area contributed by atoms with Crippen molar-refractivity contribution in [3.63, 3.8) is 0 Å². The number of carbonyl (C=O) groups excluding carboxylic acids is 1. The van der Waals surface area contributed by atoms with E-state index in [2.05, 4.69) is 0 Å². The SMILES string of the molecule is Cc1ccc(N)cc1C(=O)N1C(C(=O)O)CC2CCCCC21. The number of amides is 1. The third kappa shape index (κ3) is 2.45. The van der Waals surface area contributed by atoms with Crippen molar-refractivity contribution >= 4 is 17.6 Å². The number of nitrogen functional groups attached to an aromatic ring is 1. The zero-order chi connectivity index (χ0) is 15.9. The van der Waals surface area contributed by atoms with Gasteiger partial charge in [-0.05, 0) is 49.8 Å². The molecular weight excluding hydrogens is 280 g/mol. The molecular formula is C17H22N2O3. The number of carbonyl (C=O) groups is 2. The molecule has 0 radical (unpaired) electrons. The summed E-state index contributed by atoms with van der Waals surface area (Å²) < 4.78 is 0. The minimum atomic E-state index is -0.899. The largest absolute Gasteiger partial charge is 0.480 e. The zero-order valence-electron chi connectivity index (χ0n) is 12.8. The molecule has 22 heavy (non-hydrogen) atoms. The Morgan fingerprint density at radius 3 is 2.73 bits per heavy atom. The molecule has 1 heterocycles. The lowest BCUT2D eigenvalue weighted by Gasteiger charge is -2.33. The highest BCUT2D eigenvalue weighted by atomic mass is 16.4. The molecule has 2 fully saturated rings. The van der Waals surface area contributed by atoms with Gasteiger partial charge in [0.25, 0.3) is 5.91 Å². The van der Waals surface area contributed by atoms with E-state index in [9.17, 15) is 14.7 Å². The van der Waals surface area contributed by atoms with Crippen LogP contribution in [0.3, 0.4) is 0 Å². The van der Waals surface area contributed by atoms with Crippen molar-refractivity contribution in [3.8, 4) is 0 Å². The standard InChI is InChI=1S/C17H22N2O3/c1-10-6-7-12(18)9-13(10)16(20)19-14-5-3-2-4-11(14)8-15(19)17(21)22/h6-7,9,11,14-15H,2-5,8,18H2,1H3,(H,21,22). The summed E-state index contributed by atoms with van der Waals surface area (Å²) in [5, 5.41) is 9.53. The van der Waals surface area contributed by atoms with Crippen molar-refractivity contribution in [1.82, 2.24) is 4.90 Å². The van der Waals surface area contributed by atoms with E-state index in [0.29, 0.717) is 23.6 Å². The number of aryl methyl sites for hydroxylation is 1. The van der Waals surface area contributed by atoms with E-state index in [1.807, 2.05) is 13.0 Å². The summed E-state index contributed by atoms with van der Waals surface area (Å²) in [6, 6.07) is 4.58. The Hall–Kier alpha value is -2.04. The van der Waals surface area contributed by atoms with Gasteiger partial charge in [-0.2, -0.15) is 0 Å². The van der Waals surface area contributed by atoms with E-state index >= 15 is 0 Å². The predicted molar refractivity (Wildman–Crippen MR) is 83.5 cm³/mol. The summed E-state index contributed by atoms with van der Waals surface area (Å²) in [5.74, 6) is -0.768. The molecule has 3 unspecified atom stereocenters. The Morgan fingerprint density at radius 1 is 1.27 bits per heavy atom. The van der Waals surface area contributed by atoms with Crippen LogP contribution in [0.5, 0.6) is 0 Å². The molecule has 5 nitrogen and oxygen atoms in total. The van der Waals surface area contributed by atoms with Gasteiger partial charge in [0.15, 0.2) is 0 Å². The normalized spacial score (nSPS) is 27.5. The van der Waals surface area contributed by atoms with Crippen molar-refractivity contribution < 1.29 is 14.7 Å². The Balaban J connectivity index is 1.97. The Bertz CT molecular complexity index is 614. The molecule has 0 bridgehead atoms. The van der Waals surface area contributed by atoms with Gasteiger partial charge in [-0.3, -0.25) is 4.79 Å². The molecule has 1 aromatic rings. The molecule has 1 saturated carbocycles. The highest BCUT2D eigenvalue weighted by Crippen LogP contribution is 2.40. The van der Waals surface area contributed by atoms with Gasteiger partial charge in [0.05, 0.1) is 0 Å². The first-order valence-corrected chi connectivity index (χ1v) is 7.90. The smallest absolute Gasteiger partial charge is 0.326 e. The van der Waals surface area contributed by atoms with Crippen LogP contribution in [-0.2, 0) is 4.79 Å². The summed E-state index contributed by atoms with van der Waals surface area (Å²) >= 11 is 0. The second-order valence-electron chi connectivity index (χ2n) is 6.49. The quantitative estimate of drug-likeness (QED) is 0.822. The number of carboxylic acids is 1. The molecule has 1 amide bonds. The number of hydrogen-bond acceptors (Lipinski definition) is 3. The third-order valence-corrected chi connectivity index (χ3v) is 5.10. The summed E-state index contributed by atoms with van der Waals surface area (Å²) in [7, 11) is 0. The lowest BCUT2D eigenvalue weighted by molar-refractivity contribution is -0.141. The number of rotatable bonds is 2. The van der Waals surface area contributed by atoms with Gasteiger partial charge in [0.2, 0.25) is 0 Å². The monoisotopic (exact) mass is 302 g/mol. The Labute approximate surface area is 130 Å². The molecule has 1 saturated heterocycles. The fraction of sp³-hybridized carbons (Fsp3) is 0.529. The van der Waals surface area contributed by atoms with Crippen LogP contribution in [0.1, 0.15) is 48.0 Å². The fourth-order valence-electron chi connectivity index (χ4n) is 3.98. The van der Waals surface area contributed by atoms with E-state index in [4.69, 9.17) is 5.73 Å². The highest BCUT2D eigenvalue weighted by molar-refractivity contribution is 5.99. The number of nitrogens with zero attached hydrogens (tertiary/aromatic N) is 1. The van der Waals surface area contributed by atoms with Crippen LogP contribution in [0, 0.1) is 12.8 Å². The first-order valence-electron chi connectivity index (χ1n) is 7.90. The molecule has 3 rings (SSSR count). The zero-order valence-corrected chi connectivity index (χ0v) is 12.8. The average molecular weight is 302 g/mol. The van der Waals surface area contributed by atoms with E-state index in [0.717, 1.165) is 31.2 Å². The summed E-state index contributed by atoms with van der Waals surface area (Å²) in [5.41, 5.74) is 7.69.